The SMILES string of the molecule is CC(=O)O[C@@H](C)[C@H]1CC[C@H]2C3=CC=C4C=C(O)C=C[C@]4(C)[C@H]3CC[C@]12C. The molecule has 0 heterocycles. The van der Waals surface area contributed by atoms with Gasteiger partial charge in [-0.1, -0.05) is 37.6 Å². The third-order valence-corrected chi connectivity index (χ3v) is 7.81. The van der Waals surface area contributed by atoms with Crippen molar-refractivity contribution in [2.24, 2.45) is 28.6 Å². The van der Waals surface area contributed by atoms with Crippen LogP contribution in [0.5, 0.6) is 0 Å². The van der Waals surface area contributed by atoms with Gasteiger partial charge in [0.15, 0.2) is 0 Å². The van der Waals surface area contributed by atoms with Crippen molar-refractivity contribution in [1.82, 2.24) is 0 Å². The fourth-order valence-corrected chi connectivity index (χ4v) is 6.48. The Labute approximate surface area is 156 Å². The van der Waals surface area contributed by atoms with E-state index in [0.717, 1.165) is 12.8 Å². The third-order valence-electron chi connectivity index (χ3n) is 7.81. The Morgan fingerprint density at radius 2 is 2.00 bits per heavy atom. The molecule has 1 N–H and O–H groups in total. The molecule has 0 aromatic carbocycles. The van der Waals surface area contributed by atoms with Crippen molar-refractivity contribution in [2.45, 2.75) is 59.5 Å². The van der Waals surface area contributed by atoms with Gasteiger partial charge in [0.2, 0.25) is 0 Å². The fraction of sp³-hybridized carbons (Fsp3) is 0.609. The molecule has 140 valence electrons. The number of esters is 1. The van der Waals surface area contributed by atoms with Crippen LogP contribution >= 0.6 is 0 Å². The number of rotatable bonds is 2. The Hall–Kier alpha value is -1.77. The number of aliphatic hydroxyl groups excluding tert-OH is 1. The number of allylic oxidation sites excluding steroid dienone is 7. The van der Waals surface area contributed by atoms with Crippen LogP contribution in [0.15, 0.2) is 47.3 Å². The van der Waals surface area contributed by atoms with Gasteiger partial charge in [0.05, 0.1) is 0 Å². The van der Waals surface area contributed by atoms with Crippen molar-refractivity contribution in [3.05, 3.63) is 47.3 Å². The highest BCUT2D eigenvalue weighted by molar-refractivity contribution is 5.66. The van der Waals surface area contributed by atoms with Gasteiger partial charge in [0, 0.05) is 18.3 Å². The van der Waals surface area contributed by atoms with Crippen LogP contribution in [0.3, 0.4) is 0 Å². The number of fused-ring (bicyclic) bond motifs is 5. The molecule has 0 radical (unpaired) electrons. The molecule has 0 spiro atoms. The zero-order valence-corrected chi connectivity index (χ0v) is 16.3. The number of ether oxygens (including phenoxy) is 1. The third kappa shape index (κ3) is 2.43. The second-order valence-corrected chi connectivity index (χ2v) is 9.12. The minimum absolute atomic E-state index is 0.0145. The van der Waals surface area contributed by atoms with E-state index in [1.807, 2.05) is 12.2 Å². The van der Waals surface area contributed by atoms with Crippen molar-refractivity contribution in [1.29, 1.82) is 0 Å². The van der Waals surface area contributed by atoms with Crippen molar-refractivity contribution >= 4 is 5.97 Å². The molecule has 4 rings (SSSR count). The minimum atomic E-state index is -0.172. The van der Waals surface area contributed by atoms with E-state index in [9.17, 15) is 9.90 Å². The van der Waals surface area contributed by atoms with E-state index in [0.29, 0.717) is 23.5 Å². The Morgan fingerprint density at radius 3 is 2.73 bits per heavy atom. The highest BCUT2D eigenvalue weighted by Gasteiger charge is 2.56. The molecule has 0 aliphatic heterocycles. The second-order valence-electron chi connectivity index (χ2n) is 9.12. The second kappa shape index (κ2) is 5.87. The highest BCUT2D eigenvalue weighted by atomic mass is 16.5. The number of hydrogen-bond acceptors (Lipinski definition) is 3. The molecule has 4 aliphatic rings. The van der Waals surface area contributed by atoms with Gasteiger partial charge in [0.25, 0.3) is 0 Å². The monoisotopic (exact) mass is 354 g/mol. The Bertz CT molecular complexity index is 755. The summed E-state index contributed by atoms with van der Waals surface area (Å²) < 4.78 is 5.58. The van der Waals surface area contributed by atoms with Gasteiger partial charge in [-0.2, -0.15) is 0 Å². The van der Waals surface area contributed by atoms with Gasteiger partial charge in [-0.05, 0) is 67.6 Å². The maximum Gasteiger partial charge on any atom is 0.302 e. The number of carbonyl (C=O) groups excluding carboxylic acids is 1. The van der Waals surface area contributed by atoms with Gasteiger partial charge in [-0.15, -0.1) is 0 Å². The van der Waals surface area contributed by atoms with Crippen LogP contribution in [0.2, 0.25) is 0 Å². The zero-order valence-electron chi connectivity index (χ0n) is 16.3. The topological polar surface area (TPSA) is 46.5 Å². The molecular formula is C23H30O3. The summed E-state index contributed by atoms with van der Waals surface area (Å²) in [5, 5.41) is 9.89. The average molecular weight is 354 g/mol. The average Bonchev–Trinajstić information content (AvgIpc) is 2.92. The van der Waals surface area contributed by atoms with E-state index in [1.165, 1.54) is 25.3 Å². The first kappa shape index (κ1) is 17.6. The van der Waals surface area contributed by atoms with Crippen LogP contribution in [-0.4, -0.2) is 17.2 Å². The van der Waals surface area contributed by atoms with Gasteiger partial charge in [-0.25, -0.2) is 0 Å². The van der Waals surface area contributed by atoms with Crippen molar-refractivity contribution in [3.63, 3.8) is 0 Å². The molecule has 2 fully saturated rings. The highest BCUT2D eigenvalue weighted by Crippen LogP contribution is 2.64. The van der Waals surface area contributed by atoms with Crippen molar-refractivity contribution in [2.75, 3.05) is 0 Å². The van der Waals surface area contributed by atoms with Crippen LogP contribution in [0.1, 0.15) is 53.4 Å². The molecule has 6 atom stereocenters. The van der Waals surface area contributed by atoms with E-state index < -0.39 is 0 Å². The normalized spacial score (nSPS) is 41.8. The first-order chi connectivity index (χ1) is 12.3. The van der Waals surface area contributed by atoms with E-state index in [4.69, 9.17) is 4.74 Å². The van der Waals surface area contributed by atoms with Crippen LogP contribution in [0.25, 0.3) is 0 Å². The van der Waals surface area contributed by atoms with Gasteiger partial charge in [0.1, 0.15) is 11.9 Å². The molecule has 0 amide bonds. The van der Waals surface area contributed by atoms with E-state index in [2.05, 4.69) is 39.0 Å². The van der Waals surface area contributed by atoms with Crippen molar-refractivity contribution < 1.29 is 14.6 Å². The molecule has 3 heteroatoms. The zero-order chi connectivity index (χ0) is 18.7. The van der Waals surface area contributed by atoms with Gasteiger partial charge in [-0.3, -0.25) is 4.79 Å². The maximum absolute atomic E-state index is 11.5. The number of carbonyl (C=O) groups is 1. The first-order valence-corrected chi connectivity index (χ1v) is 9.95. The quantitative estimate of drug-likeness (QED) is 0.688. The number of aliphatic hydroxyl groups is 1. The molecule has 0 bridgehead atoms. The van der Waals surface area contributed by atoms with Gasteiger partial charge >= 0.3 is 5.97 Å². The summed E-state index contributed by atoms with van der Waals surface area (Å²) in [6.45, 7) is 8.30. The lowest BCUT2D eigenvalue weighted by atomic mass is 9.52. The smallest absolute Gasteiger partial charge is 0.302 e. The van der Waals surface area contributed by atoms with Crippen LogP contribution in [0.4, 0.5) is 0 Å². The van der Waals surface area contributed by atoms with Crippen molar-refractivity contribution in [3.8, 4) is 0 Å². The summed E-state index contributed by atoms with van der Waals surface area (Å²) in [5.74, 6) is 1.68. The maximum atomic E-state index is 11.5. The molecule has 26 heavy (non-hydrogen) atoms. The van der Waals surface area contributed by atoms with Crippen LogP contribution in [0, 0.1) is 28.6 Å². The predicted octanol–water partition coefficient (Wildman–Crippen LogP) is 5.26. The summed E-state index contributed by atoms with van der Waals surface area (Å²) in [6.07, 6.45) is 15.1. The minimum Gasteiger partial charge on any atom is -0.508 e. The molecule has 0 unspecified atom stereocenters. The van der Waals surface area contributed by atoms with Crippen LogP contribution in [-0.2, 0) is 9.53 Å². The van der Waals surface area contributed by atoms with E-state index in [1.54, 1.807) is 5.57 Å². The lowest BCUT2D eigenvalue weighted by Gasteiger charge is -2.52. The Balaban J connectivity index is 1.67. The van der Waals surface area contributed by atoms with Gasteiger partial charge < -0.3 is 9.84 Å². The Kier molecular flexibility index (Phi) is 3.98. The lowest BCUT2D eigenvalue weighted by molar-refractivity contribution is -0.150. The standard InChI is InChI=1S/C23H30O3/c1-14(26-15(2)24)19-7-8-20-18-6-5-16-13-17(25)9-11-22(16,3)21(18)10-12-23(19,20)4/h5-6,9,11,13-14,19-21,25H,7-8,10,12H2,1-4H3/t14-,19+,20-,21-,22-,23+/m0/s1. The largest absolute Gasteiger partial charge is 0.508 e. The fourth-order valence-electron chi connectivity index (χ4n) is 6.48. The van der Waals surface area contributed by atoms with E-state index >= 15 is 0 Å². The molecule has 0 aromatic rings. The predicted molar refractivity (Wildman–Crippen MR) is 102 cm³/mol. The number of hydrogen-bond donors (Lipinski definition) is 1. The molecular weight excluding hydrogens is 324 g/mol. The summed E-state index contributed by atoms with van der Waals surface area (Å²) in [6, 6.07) is 0. The Morgan fingerprint density at radius 1 is 1.23 bits per heavy atom. The van der Waals surface area contributed by atoms with Crippen LogP contribution < -0.4 is 0 Å². The summed E-state index contributed by atoms with van der Waals surface area (Å²) in [4.78, 5) is 11.5. The molecule has 0 aromatic heterocycles. The molecule has 2 saturated carbocycles. The molecule has 3 nitrogen and oxygen atoms in total. The lowest BCUT2D eigenvalue weighted by Crippen LogP contribution is -2.45. The summed E-state index contributed by atoms with van der Waals surface area (Å²) in [7, 11) is 0. The summed E-state index contributed by atoms with van der Waals surface area (Å²) in [5.41, 5.74) is 2.98. The molecule has 0 saturated heterocycles. The first-order valence-electron chi connectivity index (χ1n) is 9.95. The van der Waals surface area contributed by atoms with E-state index in [-0.39, 0.29) is 22.9 Å². The molecule has 4 aliphatic carbocycles. The summed E-state index contributed by atoms with van der Waals surface area (Å²) >= 11 is 0.